The molecule has 140 valence electrons. The summed E-state index contributed by atoms with van der Waals surface area (Å²) in [4.78, 5) is -6.42. The monoisotopic (exact) mass is 382 g/mol. The van der Waals surface area contributed by atoms with E-state index in [0.717, 1.165) is 0 Å². The van der Waals surface area contributed by atoms with Crippen LogP contribution in [0, 0.1) is 0 Å². The highest BCUT2D eigenvalue weighted by Gasteiger charge is 2.78. The number of halogens is 14. The summed E-state index contributed by atoms with van der Waals surface area (Å²) in [6, 6.07) is -21.2. The van der Waals surface area contributed by atoms with Crippen LogP contribution in [0.4, 0.5) is 61.5 Å². The number of hydrogen-bond acceptors (Lipinski definition) is 2. The molecule has 0 rings (SSSR count). The van der Waals surface area contributed by atoms with Gasteiger partial charge in [0.2, 0.25) is 0 Å². The lowest BCUT2D eigenvalue weighted by atomic mass is 10.3. The molecule has 0 atom stereocenters. The van der Waals surface area contributed by atoms with Crippen LogP contribution >= 0.6 is 0 Å². The van der Waals surface area contributed by atoms with Gasteiger partial charge in [0, 0.05) is 0 Å². The molecule has 0 heterocycles. The molecule has 0 bridgehead atoms. The highest BCUT2D eigenvalue weighted by molar-refractivity contribution is 4.91. The minimum Gasteiger partial charge on any atom is -0.233 e. The van der Waals surface area contributed by atoms with Crippen LogP contribution in [0.2, 0.25) is 0 Å². The van der Waals surface area contributed by atoms with Gasteiger partial charge in [0.15, 0.2) is 6.80 Å². The first-order valence-corrected chi connectivity index (χ1v) is 4.85. The number of hydrogen-bond donors (Lipinski definition) is 0. The van der Waals surface area contributed by atoms with Gasteiger partial charge in [-0.15, -0.1) is 0 Å². The van der Waals surface area contributed by atoms with Gasteiger partial charge in [-0.3, -0.25) is 0 Å². The van der Waals surface area contributed by atoms with Gasteiger partial charge < -0.3 is 0 Å². The number of rotatable bonds is 7. The SMILES string of the molecule is FCN(C(F)F)C(F)(F)C(F)(F)N(C(F)(F)F)C(F)(F)C(F)F. The van der Waals surface area contributed by atoms with Gasteiger partial charge in [0.25, 0.3) is 0 Å². The van der Waals surface area contributed by atoms with Gasteiger partial charge in [0.05, 0.1) is 0 Å². The molecule has 2 nitrogen and oxygen atoms in total. The van der Waals surface area contributed by atoms with Crippen molar-refractivity contribution in [3.05, 3.63) is 0 Å². The second-order valence-corrected chi connectivity index (χ2v) is 3.64. The van der Waals surface area contributed by atoms with Crippen LogP contribution in [0.5, 0.6) is 0 Å². The van der Waals surface area contributed by atoms with Crippen LogP contribution in [0.15, 0.2) is 0 Å². The van der Waals surface area contributed by atoms with Gasteiger partial charge in [-0.25, -0.2) is 13.2 Å². The summed E-state index contributed by atoms with van der Waals surface area (Å²) in [6.07, 6.45) is -12.8. The Morgan fingerprint density at radius 2 is 1.09 bits per heavy atom. The summed E-state index contributed by atoms with van der Waals surface area (Å²) in [6.45, 7) is -8.07. The molecule has 0 N–H and O–H groups in total. The fourth-order valence-corrected chi connectivity index (χ4v) is 1.17. The van der Waals surface area contributed by atoms with Gasteiger partial charge in [0.1, 0.15) is 0 Å². The average molecular weight is 382 g/mol. The van der Waals surface area contributed by atoms with E-state index in [1.165, 1.54) is 0 Å². The van der Waals surface area contributed by atoms with Crippen LogP contribution in [-0.4, -0.2) is 54.0 Å². The maximum absolute atomic E-state index is 13.1. The zero-order valence-corrected chi connectivity index (χ0v) is 10.0. The summed E-state index contributed by atoms with van der Waals surface area (Å²) < 4.78 is 174. The molecule has 0 radical (unpaired) electrons. The first-order valence-electron chi connectivity index (χ1n) is 4.85. The number of alkyl halides is 14. The molecule has 23 heavy (non-hydrogen) atoms. The van der Waals surface area contributed by atoms with E-state index in [2.05, 4.69) is 0 Å². The maximum atomic E-state index is 13.1. The second kappa shape index (κ2) is 6.45. The predicted molar refractivity (Wildman–Crippen MR) is 42.6 cm³/mol. The van der Waals surface area contributed by atoms with Crippen LogP contribution in [0.3, 0.4) is 0 Å². The van der Waals surface area contributed by atoms with Crippen molar-refractivity contribution >= 4 is 0 Å². The molecule has 0 fully saturated rings. The third-order valence-corrected chi connectivity index (χ3v) is 2.18. The van der Waals surface area contributed by atoms with Crippen molar-refractivity contribution in [3.63, 3.8) is 0 Å². The first-order chi connectivity index (χ1) is 9.95. The molecule has 0 saturated carbocycles. The van der Waals surface area contributed by atoms with Gasteiger partial charge in [-0.2, -0.15) is 53.2 Å². The lowest BCUT2D eigenvalue weighted by molar-refractivity contribution is -0.479. The predicted octanol–water partition coefficient (Wildman–Crippen LogP) is 4.30. The van der Waals surface area contributed by atoms with Gasteiger partial charge in [-0.1, -0.05) is 4.90 Å². The van der Waals surface area contributed by atoms with Crippen molar-refractivity contribution in [2.75, 3.05) is 6.80 Å². The molecule has 0 aromatic carbocycles. The van der Waals surface area contributed by atoms with Gasteiger partial charge >= 0.3 is 37.4 Å². The smallest absolute Gasteiger partial charge is 0.233 e. The Balaban J connectivity index is 6.25. The van der Waals surface area contributed by atoms with Crippen molar-refractivity contribution in [2.45, 2.75) is 37.4 Å². The van der Waals surface area contributed by atoms with Crippen molar-refractivity contribution < 1.29 is 61.5 Å². The molecular formula is C7H4F14N2. The minimum absolute atomic E-state index is 2.52. The van der Waals surface area contributed by atoms with Crippen molar-refractivity contribution in [1.82, 2.24) is 9.80 Å². The Morgan fingerprint density at radius 3 is 1.30 bits per heavy atom. The van der Waals surface area contributed by atoms with E-state index < -0.39 is 54.0 Å². The Labute approximate surface area is 117 Å². The Hall–Kier alpha value is -1.06. The topological polar surface area (TPSA) is 6.48 Å². The Kier molecular flexibility index (Phi) is 6.15. The van der Waals surface area contributed by atoms with Crippen LogP contribution in [0.25, 0.3) is 0 Å². The summed E-state index contributed by atoms with van der Waals surface area (Å²) in [5, 5.41) is 0. The average Bonchev–Trinajstić information content (AvgIpc) is 2.24. The summed E-state index contributed by atoms with van der Waals surface area (Å²) in [5.41, 5.74) is 0. The van der Waals surface area contributed by atoms with E-state index in [9.17, 15) is 61.5 Å². The molecule has 0 aliphatic rings. The highest BCUT2D eigenvalue weighted by atomic mass is 19.4. The molecule has 0 saturated heterocycles. The fraction of sp³-hybridized carbons (Fsp3) is 1.00. The Bertz CT molecular complexity index is 389. The third-order valence-electron chi connectivity index (χ3n) is 2.18. The maximum Gasteiger partial charge on any atom is 0.469 e. The first kappa shape index (κ1) is 21.9. The van der Waals surface area contributed by atoms with E-state index in [1.54, 1.807) is 0 Å². The largest absolute Gasteiger partial charge is 0.469 e. The van der Waals surface area contributed by atoms with E-state index >= 15 is 0 Å². The van der Waals surface area contributed by atoms with Gasteiger partial charge in [-0.05, 0) is 0 Å². The fourth-order valence-electron chi connectivity index (χ4n) is 1.17. The molecule has 0 unspecified atom stereocenters. The van der Waals surface area contributed by atoms with Crippen LogP contribution < -0.4 is 0 Å². The molecule has 16 heteroatoms. The third kappa shape index (κ3) is 3.89. The number of nitrogens with zero attached hydrogens (tertiary/aromatic N) is 2. The molecule has 0 spiro atoms. The molecule has 0 aliphatic heterocycles. The van der Waals surface area contributed by atoms with Crippen molar-refractivity contribution in [2.24, 2.45) is 0 Å². The lowest BCUT2D eigenvalue weighted by Crippen LogP contribution is -2.71. The van der Waals surface area contributed by atoms with Crippen molar-refractivity contribution in [3.8, 4) is 0 Å². The zero-order valence-electron chi connectivity index (χ0n) is 10.0. The second-order valence-electron chi connectivity index (χ2n) is 3.64. The van der Waals surface area contributed by atoms with E-state index in [-0.39, 0.29) is 0 Å². The Morgan fingerprint density at radius 1 is 0.696 bits per heavy atom. The standard InChI is InChI=1S/C7H4F14N2/c8-1-22(3(11)12)5(15,16)6(17,18)23(7(19,20)21)4(13,14)2(9)10/h2-3H,1H2. The summed E-state index contributed by atoms with van der Waals surface area (Å²) in [5.74, 6) is 0. The van der Waals surface area contributed by atoms with Crippen LogP contribution in [-0.2, 0) is 0 Å². The summed E-state index contributed by atoms with van der Waals surface area (Å²) in [7, 11) is 0. The van der Waals surface area contributed by atoms with Crippen LogP contribution in [0.1, 0.15) is 0 Å². The molecule has 0 aliphatic carbocycles. The van der Waals surface area contributed by atoms with E-state index in [0.29, 0.717) is 0 Å². The summed E-state index contributed by atoms with van der Waals surface area (Å²) >= 11 is 0. The minimum atomic E-state index is -7.38. The molecule has 0 aromatic rings. The van der Waals surface area contributed by atoms with E-state index in [4.69, 9.17) is 0 Å². The van der Waals surface area contributed by atoms with E-state index in [1.807, 2.05) is 0 Å². The highest BCUT2D eigenvalue weighted by Crippen LogP contribution is 2.51. The quantitative estimate of drug-likeness (QED) is 0.479. The molecule has 0 amide bonds. The molecular weight excluding hydrogens is 378 g/mol. The lowest BCUT2D eigenvalue weighted by Gasteiger charge is -2.42. The van der Waals surface area contributed by atoms with Crippen molar-refractivity contribution in [1.29, 1.82) is 0 Å². The molecule has 0 aromatic heterocycles. The zero-order chi connectivity index (χ0) is 19.0. The normalized spacial score (nSPS) is 15.4.